The van der Waals surface area contributed by atoms with Gasteiger partial charge in [0.25, 0.3) is 0 Å². The number of nitrogens with one attached hydrogen (secondary N) is 1. The van der Waals surface area contributed by atoms with Crippen molar-refractivity contribution in [3.63, 3.8) is 0 Å². The van der Waals surface area contributed by atoms with Crippen LogP contribution in [0.3, 0.4) is 0 Å². The Balaban J connectivity index is 1.83. The van der Waals surface area contributed by atoms with Gasteiger partial charge in [-0.05, 0) is 17.7 Å². The Hall–Kier alpha value is -2.15. The maximum absolute atomic E-state index is 12.0. The zero-order valence-corrected chi connectivity index (χ0v) is 11.6. The quantitative estimate of drug-likeness (QED) is 0.814. The summed E-state index contributed by atoms with van der Waals surface area (Å²) in [7, 11) is 1.64. The van der Waals surface area contributed by atoms with Crippen LogP contribution in [0.5, 0.6) is 5.75 Å². The summed E-state index contributed by atoms with van der Waals surface area (Å²) in [5.41, 5.74) is 1.85. The van der Waals surface area contributed by atoms with E-state index in [0.717, 1.165) is 11.3 Å². The van der Waals surface area contributed by atoms with Gasteiger partial charge in [0.15, 0.2) is 0 Å². The molecule has 0 unspecified atom stereocenters. The average molecular weight is 297 g/mol. The first-order chi connectivity index (χ1) is 10.2. The molecule has 0 aliphatic carbocycles. The fraction of sp³-hybridized carbons (Fsp3) is 0.357. The fourth-order valence-electron chi connectivity index (χ4n) is 1.75. The smallest absolute Gasteiger partial charge is 0.387 e. The van der Waals surface area contributed by atoms with E-state index in [4.69, 9.17) is 4.74 Å². The first kappa shape index (κ1) is 15.2. The van der Waals surface area contributed by atoms with Crippen molar-refractivity contribution in [1.29, 1.82) is 0 Å². The molecule has 1 aromatic carbocycles. The van der Waals surface area contributed by atoms with E-state index in [1.54, 1.807) is 30.1 Å². The molecule has 0 amide bonds. The number of methoxy groups -OCH3 is 1. The van der Waals surface area contributed by atoms with Crippen molar-refractivity contribution < 1.29 is 18.3 Å². The Bertz CT molecular complexity index is 543. The largest absolute Gasteiger partial charge is 0.435 e. The lowest BCUT2D eigenvalue weighted by atomic mass is 10.2. The van der Waals surface area contributed by atoms with Crippen molar-refractivity contribution in [2.24, 2.45) is 0 Å². The number of aromatic nitrogens is 2. The second-order valence-electron chi connectivity index (χ2n) is 4.36. The third-order valence-corrected chi connectivity index (χ3v) is 2.80. The third-order valence-electron chi connectivity index (χ3n) is 2.80. The fourth-order valence-corrected chi connectivity index (χ4v) is 1.75. The highest BCUT2D eigenvalue weighted by Crippen LogP contribution is 2.16. The molecule has 5 nitrogen and oxygen atoms in total. The van der Waals surface area contributed by atoms with Gasteiger partial charge in [0.1, 0.15) is 5.75 Å². The maximum atomic E-state index is 12.0. The summed E-state index contributed by atoms with van der Waals surface area (Å²) in [6.07, 6.45) is 3.61. The topological polar surface area (TPSA) is 48.3 Å². The predicted molar refractivity (Wildman–Crippen MR) is 74.5 cm³/mol. The van der Waals surface area contributed by atoms with Crippen molar-refractivity contribution in [2.45, 2.75) is 19.7 Å². The number of nitrogens with zero attached hydrogens (tertiary/aromatic N) is 2. The van der Waals surface area contributed by atoms with Gasteiger partial charge in [0.2, 0.25) is 0 Å². The lowest BCUT2D eigenvalue weighted by Gasteiger charge is -2.06. The van der Waals surface area contributed by atoms with E-state index in [1.807, 2.05) is 6.20 Å². The minimum Gasteiger partial charge on any atom is -0.435 e. The van der Waals surface area contributed by atoms with E-state index in [1.165, 1.54) is 12.1 Å². The van der Waals surface area contributed by atoms with E-state index >= 15 is 0 Å². The van der Waals surface area contributed by atoms with Crippen molar-refractivity contribution >= 4 is 5.69 Å². The van der Waals surface area contributed by atoms with E-state index < -0.39 is 6.61 Å². The van der Waals surface area contributed by atoms with Crippen molar-refractivity contribution in [3.8, 4) is 5.75 Å². The zero-order valence-electron chi connectivity index (χ0n) is 11.6. The molecule has 2 aromatic rings. The van der Waals surface area contributed by atoms with Crippen LogP contribution in [0.4, 0.5) is 14.5 Å². The lowest BCUT2D eigenvalue weighted by molar-refractivity contribution is -0.0498. The maximum Gasteiger partial charge on any atom is 0.387 e. The first-order valence-electron chi connectivity index (χ1n) is 6.46. The predicted octanol–water partition coefficient (Wildman–Crippen LogP) is 2.74. The van der Waals surface area contributed by atoms with Crippen LogP contribution < -0.4 is 10.1 Å². The lowest BCUT2D eigenvalue weighted by Crippen LogP contribution is -2.04. The molecule has 21 heavy (non-hydrogen) atoms. The Morgan fingerprint density at radius 2 is 2.05 bits per heavy atom. The third kappa shape index (κ3) is 5.03. The van der Waals surface area contributed by atoms with Crippen molar-refractivity contribution in [2.75, 3.05) is 19.0 Å². The highest BCUT2D eigenvalue weighted by atomic mass is 19.3. The molecule has 0 saturated carbocycles. The molecule has 2 rings (SSSR count). The van der Waals surface area contributed by atoms with Gasteiger partial charge < -0.3 is 14.8 Å². The number of halogens is 2. The van der Waals surface area contributed by atoms with Gasteiger partial charge in [-0.2, -0.15) is 13.9 Å². The number of alkyl halides is 2. The summed E-state index contributed by atoms with van der Waals surface area (Å²) in [6, 6.07) is 6.51. The molecular formula is C14H17F2N3O2. The molecule has 1 heterocycles. The normalized spacial score (nSPS) is 10.9. The summed E-state index contributed by atoms with van der Waals surface area (Å²) < 4.78 is 35.1. The number of anilines is 1. The molecule has 0 spiro atoms. The summed E-state index contributed by atoms with van der Waals surface area (Å²) in [5.74, 6) is 0.154. The van der Waals surface area contributed by atoms with Crippen LogP contribution in [0.25, 0.3) is 0 Å². The summed E-state index contributed by atoms with van der Waals surface area (Å²) in [4.78, 5) is 0. The van der Waals surface area contributed by atoms with Crippen LogP contribution in [-0.4, -0.2) is 30.1 Å². The Kier molecular flexibility index (Phi) is 5.51. The monoisotopic (exact) mass is 297 g/mol. The summed E-state index contributed by atoms with van der Waals surface area (Å²) >= 11 is 0. The van der Waals surface area contributed by atoms with E-state index in [9.17, 15) is 8.78 Å². The van der Waals surface area contributed by atoms with Gasteiger partial charge in [-0.1, -0.05) is 12.1 Å². The van der Waals surface area contributed by atoms with Crippen LogP contribution in [0.1, 0.15) is 5.56 Å². The van der Waals surface area contributed by atoms with Crippen molar-refractivity contribution in [1.82, 2.24) is 9.78 Å². The van der Waals surface area contributed by atoms with Crippen LogP contribution in [0.2, 0.25) is 0 Å². The summed E-state index contributed by atoms with van der Waals surface area (Å²) in [5, 5.41) is 7.39. The number of hydrogen-bond acceptors (Lipinski definition) is 4. The highest BCUT2D eigenvalue weighted by molar-refractivity contribution is 5.39. The molecule has 7 heteroatoms. The van der Waals surface area contributed by atoms with Crippen LogP contribution >= 0.6 is 0 Å². The first-order valence-corrected chi connectivity index (χ1v) is 6.46. The second-order valence-corrected chi connectivity index (χ2v) is 4.36. The molecule has 0 aliphatic heterocycles. The molecule has 0 bridgehead atoms. The number of rotatable bonds is 8. The van der Waals surface area contributed by atoms with Crippen LogP contribution in [0, 0.1) is 0 Å². The Morgan fingerprint density at radius 3 is 2.71 bits per heavy atom. The number of hydrogen-bond donors (Lipinski definition) is 1. The molecular weight excluding hydrogens is 280 g/mol. The second kappa shape index (κ2) is 7.58. The minimum absolute atomic E-state index is 0.154. The Morgan fingerprint density at radius 1 is 1.29 bits per heavy atom. The molecule has 0 fully saturated rings. The minimum atomic E-state index is -2.80. The number of ether oxygens (including phenoxy) is 2. The molecule has 0 radical (unpaired) electrons. The highest BCUT2D eigenvalue weighted by Gasteiger charge is 2.04. The van der Waals surface area contributed by atoms with Crippen molar-refractivity contribution in [3.05, 3.63) is 42.2 Å². The van der Waals surface area contributed by atoms with Crippen LogP contribution in [-0.2, 0) is 17.8 Å². The summed E-state index contributed by atoms with van der Waals surface area (Å²) in [6.45, 7) is -0.929. The van der Waals surface area contributed by atoms with E-state index in [-0.39, 0.29) is 5.75 Å². The van der Waals surface area contributed by atoms with E-state index in [2.05, 4.69) is 15.2 Å². The van der Waals surface area contributed by atoms with Gasteiger partial charge in [-0.25, -0.2) is 0 Å². The van der Waals surface area contributed by atoms with Gasteiger partial charge in [0.05, 0.1) is 25.0 Å². The van der Waals surface area contributed by atoms with Gasteiger partial charge in [-0.15, -0.1) is 0 Å². The molecule has 0 aliphatic rings. The standard InChI is InChI=1S/C14H17F2N3O2/c1-20-7-6-19-10-12(9-18-19)17-8-11-2-4-13(5-3-11)21-14(15)16/h2-5,9-10,14,17H,6-8H2,1H3. The Labute approximate surface area is 121 Å². The van der Waals surface area contributed by atoms with Gasteiger partial charge in [-0.3, -0.25) is 4.68 Å². The van der Waals surface area contributed by atoms with Gasteiger partial charge >= 0.3 is 6.61 Å². The van der Waals surface area contributed by atoms with Gasteiger partial charge in [0, 0.05) is 19.9 Å². The molecule has 0 atom stereocenters. The SMILES string of the molecule is COCCn1cc(NCc2ccc(OC(F)F)cc2)cn1. The van der Waals surface area contributed by atoms with Crippen LogP contribution in [0.15, 0.2) is 36.7 Å². The molecule has 1 N–H and O–H groups in total. The molecule has 114 valence electrons. The molecule has 1 aromatic heterocycles. The van der Waals surface area contributed by atoms with E-state index in [0.29, 0.717) is 19.7 Å². The zero-order chi connectivity index (χ0) is 15.1. The number of benzene rings is 1. The average Bonchev–Trinajstić information content (AvgIpc) is 2.92. The molecule has 0 saturated heterocycles.